The van der Waals surface area contributed by atoms with Crippen molar-refractivity contribution in [3.63, 3.8) is 0 Å². The van der Waals surface area contributed by atoms with Gasteiger partial charge in [0.15, 0.2) is 21.9 Å². The van der Waals surface area contributed by atoms with Crippen LogP contribution in [0, 0.1) is 0 Å². The molecule has 4 rings (SSSR count). The SMILES string of the molecule is COc1cc(C(=O)Oc2c(-c3ccc(Br)o3)oc3ccccc3c2=O)cc(OC)c1OC. The van der Waals surface area contributed by atoms with Crippen molar-refractivity contribution in [3.8, 4) is 34.5 Å². The number of para-hydroxylation sites is 1. The predicted octanol–water partition coefficient (Wildman–Crippen LogP) is 5.06. The Labute approximate surface area is 190 Å². The maximum absolute atomic E-state index is 13.2. The van der Waals surface area contributed by atoms with Crippen molar-refractivity contribution in [2.24, 2.45) is 0 Å². The van der Waals surface area contributed by atoms with Gasteiger partial charge in [0, 0.05) is 0 Å². The molecule has 164 valence electrons. The average Bonchev–Trinajstić information content (AvgIpc) is 3.25. The number of furan rings is 1. The van der Waals surface area contributed by atoms with Crippen LogP contribution in [0.4, 0.5) is 0 Å². The highest BCUT2D eigenvalue weighted by atomic mass is 79.9. The number of halogens is 1. The number of methoxy groups -OCH3 is 3. The maximum Gasteiger partial charge on any atom is 0.344 e. The Morgan fingerprint density at radius 1 is 0.875 bits per heavy atom. The molecule has 0 spiro atoms. The van der Waals surface area contributed by atoms with Gasteiger partial charge in [-0.15, -0.1) is 0 Å². The highest BCUT2D eigenvalue weighted by molar-refractivity contribution is 9.10. The quantitative estimate of drug-likeness (QED) is 0.339. The summed E-state index contributed by atoms with van der Waals surface area (Å²) in [5.74, 6) is -0.0763. The lowest BCUT2D eigenvalue weighted by molar-refractivity contribution is 0.0730. The summed E-state index contributed by atoms with van der Waals surface area (Å²) in [6.45, 7) is 0. The van der Waals surface area contributed by atoms with Crippen molar-refractivity contribution in [2.45, 2.75) is 0 Å². The normalized spacial score (nSPS) is 10.8. The summed E-state index contributed by atoms with van der Waals surface area (Å²) in [5.41, 5.74) is -0.110. The molecule has 4 aromatic rings. The van der Waals surface area contributed by atoms with Crippen LogP contribution in [0.2, 0.25) is 0 Å². The van der Waals surface area contributed by atoms with E-state index in [-0.39, 0.29) is 39.7 Å². The molecule has 0 aliphatic rings. The van der Waals surface area contributed by atoms with Crippen molar-refractivity contribution < 1.29 is 32.6 Å². The van der Waals surface area contributed by atoms with Gasteiger partial charge in [-0.25, -0.2) is 4.79 Å². The highest BCUT2D eigenvalue weighted by Gasteiger charge is 2.25. The minimum Gasteiger partial charge on any atom is -0.493 e. The molecule has 0 N–H and O–H groups in total. The molecule has 0 bridgehead atoms. The fourth-order valence-electron chi connectivity index (χ4n) is 3.17. The van der Waals surface area contributed by atoms with Crippen LogP contribution < -0.4 is 24.4 Å². The minimum atomic E-state index is -0.821. The van der Waals surface area contributed by atoms with E-state index in [1.54, 1.807) is 36.4 Å². The van der Waals surface area contributed by atoms with E-state index in [0.29, 0.717) is 16.0 Å². The van der Waals surface area contributed by atoms with Crippen molar-refractivity contribution in [3.05, 3.63) is 69.0 Å². The standard InChI is InChI=1S/C23H17BrO8/c1-27-16-10-12(11-17(28-2)20(16)29-3)23(26)32-22-19(25)13-6-4-5-7-14(13)31-21(22)15-8-9-18(24)30-15/h4-11H,1-3H3. The van der Waals surface area contributed by atoms with Crippen molar-refractivity contribution >= 4 is 32.9 Å². The molecular weight excluding hydrogens is 484 g/mol. The second-order valence-corrected chi connectivity index (χ2v) is 7.27. The number of hydrogen-bond acceptors (Lipinski definition) is 8. The zero-order valence-corrected chi connectivity index (χ0v) is 18.8. The zero-order chi connectivity index (χ0) is 22.8. The molecule has 0 aliphatic carbocycles. The fraction of sp³-hybridized carbons (Fsp3) is 0.130. The lowest BCUT2D eigenvalue weighted by Crippen LogP contribution is -2.16. The fourth-order valence-corrected chi connectivity index (χ4v) is 3.47. The molecule has 0 amide bonds. The van der Waals surface area contributed by atoms with Gasteiger partial charge in [-0.2, -0.15) is 0 Å². The van der Waals surface area contributed by atoms with Gasteiger partial charge in [-0.3, -0.25) is 4.79 Å². The minimum absolute atomic E-state index is 0.0137. The largest absolute Gasteiger partial charge is 0.493 e. The second-order valence-electron chi connectivity index (χ2n) is 6.49. The van der Waals surface area contributed by atoms with Crippen molar-refractivity contribution in [2.75, 3.05) is 21.3 Å². The number of carbonyl (C=O) groups is 1. The van der Waals surface area contributed by atoms with Crippen LogP contribution in [0.3, 0.4) is 0 Å². The van der Waals surface area contributed by atoms with Crippen molar-refractivity contribution in [1.82, 2.24) is 0 Å². The van der Waals surface area contributed by atoms with E-state index in [0.717, 1.165) is 0 Å². The lowest BCUT2D eigenvalue weighted by atomic mass is 10.1. The molecule has 32 heavy (non-hydrogen) atoms. The van der Waals surface area contributed by atoms with E-state index in [9.17, 15) is 9.59 Å². The van der Waals surface area contributed by atoms with Crippen LogP contribution >= 0.6 is 15.9 Å². The average molecular weight is 501 g/mol. The van der Waals surface area contributed by atoms with Gasteiger partial charge in [-0.05, 0) is 52.3 Å². The molecular formula is C23H17BrO8. The monoisotopic (exact) mass is 500 g/mol. The predicted molar refractivity (Wildman–Crippen MR) is 119 cm³/mol. The van der Waals surface area contributed by atoms with E-state index in [1.807, 2.05) is 0 Å². The first kappa shape index (κ1) is 21.5. The topological polar surface area (TPSA) is 97.3 Å². The third kappa shape index (κ3) is 3.82. The second kappa shape index (κ2) is 8.80. The molecule has 0 radical (unpaired) electrons. The van der Waals surface area contributed by atoms with Crippen LogP contribution in [0.1, 0.15) is 10.4 Å². The van der Waals surface area contributed by atoms with Gasteiger partial charge in [0.2, 0.25) is 22.7 Å². The first-order valence-corrected chi connectivity index (χ1v) is 10.1. The van der Waals surface area contributed by atoms with Gasteiger partial charge in [0.1, 0.15) is 5.58 Å². The van der Waals surface area contributed by atoms with Crippen LogP contribution in [-0.4, -0.2) is 27.3 Å². The van der Waals surface area contributed by atoms with Gasteiger partial charge in [0.05, 0.1) is 32.3 Å². The number of hydrogen-bond donors (Lipinski definition) is 0. The number of esters is 1. The molecule has 2 aromatic carbocycles. The van der Waals surface area contributed by atoms with E-state index in [2.05, 4.69) is 15.9 Å². The van der Waals surface area contributed by atoms with Crippen LogP contribution in [0.25, 0.3) is 22.5 Å². The first-order valence-electron chi connectivity index (χ1n) is 9.30. The summed E-state index contributed by atoms with van der Waals surface area (Å²) < 4.78 is 33.2. The Hall–Kier alpha value is -3.72. The smallest absolute Gasteiger partial charge is 0.344 e. The Kier molecular flexibility index (Phi) is 5.91. The van der Waals surface area contributed by atoms with E-state index in [4.69, 9.17) is 27.8 Å². The summed E-state index contributed by atoms with van der Waals surface area (Å²) in [6.07, 6.45) is 0. The van der Waals surface area contributed by atoms with Crippen LogP contribution in [0.5, 0.6) is 23.0 Å². The summed E-state index contributed by atoms with van der Waals surface area (Å²) in [6, 6.07) is 12.7. The first-order chi connectivity index (χ1) is 15.5. The van der Waals surface area contributed by atoms with Gasteiger partial charge in [-0.1, -0.05) is 12.1 Å². The molecule has 0 saturated carbocycles. The molecule has 0 saturated heterocycles. The summed E-state index contributed by atoms with van der Waals surface area (Å²) >= 11 is 3.22. The maximum atomic E-state index is 13.2. The lowest BCUT2D eigenvalue weighted by Gasteiger charge is -2.14. The number of rotatable bonds is 6. The summed E-state index contributed by atoms with van der Waals surface area (Å²) in [5, 5.41) is 0.259. The number of ether oxygens (including phenoxy) is 4. The Bertz CT molecular complexity index is 1340. The Balaban J connectivity index is 1.85. The summed E-state index contributed by atoms with van der Waals surface area (Å²) in [7, 11) is 4.31. The van der Waals surface area contributed by atoms with Crippen LogP contribution in [0.15, 0.2) is 66.8 Å². The number of carbonyl (C=O) groups excluding carboxylic acids is 1. The molecule has 0 aliphatic heterocycles. The van der Waals surface area contributed by atoms with Gasteiger partial charge >= 0.3 is 5.97 Å². The zero-order valence-electron chi connectivity index (χ0n) is 17.3. The van der Waals surface area contributed by atoms with Crippen LogP contribution in [-0.2, 0) is 0 Å². The highest BCUT2D eigenvalue weighted by Crippen LogP contribution is 2.39. The third-order valence-corrected chi connectivity index (χ3v) is 5.07. The molecule has 8 nitrogen and oxygen atoms in total. The van der Waals surface area contributed by atoms with E-state index in [1.165, 1.54) is 33.5 Å². The molecule has 0 atom stereocenters. The molecule has 9 heteroatoms. The Morgan fingerprint density at radius 2 is 1.56 bits per heavy atom. The third-order valence-electron chi connectivity index (χ3n) is 4.65. The van der Waals surface area contributed by atoms with Gasteiger partial charge in [0.25, 0.3) is 0 Å². The molecule has 0 unspecified atom stereocenters. The Morgan fingerprint density at radius 3 is 2.16 bits per heavy atom. The van der Waals surface area contributed by atoms with Gasteiger partial charge < -0.3 is 27.8 Å². The molecule has 0 fully saturated rings. The van der Waals surface area contributed by atoms with E-state index < -0.39 is 11.4 Å². The molecule has 2 heterocycles. The number of fused-ring (bicyclic) bond motifs is 1. The van der Waals surface area contributed by atoms with Crippen molar-refractivity contribution in [1.29, 1.82) is 0 Å². The number of benzene rings is 2. The summed E-state index contributed by atoms with van der Waals surface area (Å²) in [4.78, 5) is 26.2. The molecule has 2 aromatic heterocycles. The van der Waals surface area contributed by atoms with E-state index >= 15 is 0 Å².